The highest BCUT2D eigenvalue weighted by molar-refractivity contribution is 9.10. The summed E-state index contributed by atoms with van der Waals surface area (Å²) in [6.07, 6.45) is 1.49. The molecule has 0 radical (unpaired) electrons. The normalized spacial score (nSPS) is 11.2. The van der Waals surface area contributed by atoms with Gasteiger partial charge in [-0.05, 0) is 41.1 Å². The highest BCUT2D eigenvalue weighted by atomic mass is 79.9. The van der Waals surface area contributed by atoms with Crippen molar-refractivity contribution in [3.8, 4) is 0 Å². The number of aryl methyl sites for hydroxylation is 3. The molecule has 3 aromatic rings. The molecule has 3 rings (SSSR count). The molecule has 0 unspecified atom stereocenters. The van der Waals surface area contributed by atoms with Gasteiger partial charge in [-0.25, -0.2) is 4.79 Å². The molecule has 0 amide bonds. The first kappa shape index (κ1) is 13.9. The van der Waals surface area contributed by atoms with Gasteiger partial charge in [-0.1, -0.05) is 0 Å². The number of carbonyl (C=O) groups is 1. The maximum absolute atomic E-state index is 12.6. The zero-order valence-electron chi connectivity index (χ0n) is 11.8. The van der Waals surface area contributed by atoms with Gasteiger partial charge in [-0.15, -0.1) is 0 Å². The molecule has 0 N–H and O–H groups in total. The first-order valence-electron chi connectivity index (χ1n) is 6.35. The Morgan fingerprint density at radius 1 is 1.14 bits per heavy atom. The Balaban J connectivity index is 2.27. The van der Waals surface area contributed by atoms with Crippen molar-refractivity contribution in [1.82, 2.24) is 9.13 Å². The van der Waals surface area contributed by atoms with E-state index in [4.69, 9.17) is 4.42 Å². The first-order chi connectivity index (χ1) is 9.91. The number of furan rings is 1. The van der Waals surface area contributed by atoms with Crippen molar-refractivity contribution in [3.05, 3.63) is 56.3 Å². The lowest BCUT2D eigenvalue weighted by Crippen LogP contribution is -2.19. The first-order valence-corrected chi connectivity index (χ1v) is 7.15. The van der Waals surface area contributed by atoms with Crippen molar-refractivity contribution in [1.29, 1.82) is 0 Å². The predicted octanol–water partition coefficient (Wildman–Crippen LogP) is 2.77. The molecule has 6 heteroatoms. The minimum Gasteiger partial charge on any atom is -0.469 e. The molecule has 2 aromatic heterocycles. The Kier molecular flexibility index (Phi) is 3.13. The summed E-state index contributed by atoms with van der Waals surface area (Å²) < 4.78 is 8.92. The SMILES string of the molecule is Cc1occc1C(=O)c1cc2c(cc1Br)n(C)c(=O)n2C. The van der Waals surface area contributed by atoms with Crippen LogP contribution < -0.4 is 5.69 Å². The molecule has 0 aliphatic heterocycles. The predicted molar refractivity (Wildman–Crippen MR) is 82.7 cm³/mol. The lowest BCUT2D eigenvalue weighted by molar-refractivity contribution is 0.103. The number of ketones is 1. The van der Waals surface area contributed by atoms with Crippen LogP contribution in [0.3, 0.4) is 0 Å². The number of benzene rings is 1. The topological polar surface area (TPSA) is 57.1 Å². The third-order valence-electron chi connectivity index (χ3n) is 3.71. The van der Waals surface area contributed by atoms with Crippen LogP contribution in [0, 0.1) is 6.92 Å². The van der Waals surface area contributed by atoms with Crippen LogP contribution >= 0.6 is 15.9 Å². The number of halogens is 1. The zero-order chi connectivity index (χ0) is 15.3. The minimum absolute atomic E-state index is 0.124. The second kappa shape index (κ2) is 4.73. The van der Waals surface area contributed by atoms with Crippen molar-refractivity contribution in [2.45, 2.75) is 6.92 Å². The number of hydrogen-bond donors (Lipinski definition) is 0. The molecule has 108 valence electrons. The number of carbonyl (C=O) groups excluding carboxylic acids is 1. The molecule has 1 aromatic carbocycles. The summed E-state index contributed by atoms with van der Waals surface area (Å²) in [5, 5.41) is 0. The maximum Gasteiger partial charge on any atom is 0.328 e. The van der Waals surface area contributed by atoms with Gasteiger partial charge in [0.1, 0.15) is 5.76 Å². The van der Waals surface area contributed by atoms with Crippen molar-refractivity contribution >= 4 is 32.7 Å². The fraction of sp³-hybridized carbons (Fsp3) is 0.200. The van der Waals surface area contributed by atoms with E-state index in [-0.39, 0.29) is 11.5 Å². The van der Waals surface area contributed by atoms with Gasteiger partial charge in [0, 0.05) is 24.1 Å². The van der Waals surface area contributed by atoms with E-state index in [1.807, 2.05) is 0 Å². The third-order valence-corrected chi connectivity index (χ3v) is 4.36. The molecular weight excluding hydrogens is 336 g/mol. The van der Waals surface area contributed by atoms with Gasteiger partial charge >= 0.3 is 5.69 Å². The lowest BCUT2D eigenvalue weighted by atomic mass is 10.0. The van der Waals surface area contributed by atoms with Crippen LogP contribution in [0.15, 0.2) is 38.1 Å². The van der Waals surface area contributed by atoms with Gasteiger partial charge < -0.3 is 4.42 Å². The van der Waals surface area contributed by atoms with Gasteiger partial charge in [-0.3, -0.25) is 13.9 Å². The molecular formula is C15H13BrN2O3. The van der Waals surface area contributed by atoms with Crippen LogP contribution in [0.2, 0.25) is 0 Å². The number of fused-ring (bicyclic) bond motifs is 1. The summed E-state index contributed by atoms with van der Waals surface area (Å²) in [4.78, 5) is 24.6. The molecule has 0 aliphatic carbocycles. The van der Waals surface area contributed by atoms with Crippen LogP contribution in [-0.4, -0.2) is 14.9 Å². The Morgan fingerprint density at radius 2 is 1.76 bits per heavy atom. The van der Waals surface area contributed by atoms with Gasteiger partial charge in [0.2, 0.25) is 0 Å². The van der Waals surface area contributed by atoms with Crippen LogP contribution in [0.25, 0.3) is 11.0 Å². The van der Waals surface area contributed by atoms with E-state index >= 15 is 0 Å². The molecule has 0 saturated heterocycles. The fourth-order valence-electron chi connectivity index (χ4n) is 2.46. The van der Waals surface area contributed by atoms with Gasteiger partial charge in [0.05, 0.1) is 22.9 Å². The third kappa shape index (κ3) is 1.98. The number of rotatable bonds is 2. The number of nitrogens with zero attached hydrogens (tertiary/aromatic N) is 2. The highest BCUT2D eigenvalue weighted by Crippen LogP contribution is 2.26. The summed E-state index contributed by atoms with van der Waals surface area (Å²) in [5.74, 6) is 0.445. The monoisotopic (exact) mass is 348 g/mol. The van der Waals surface area contributed by atoms with E-state index in [0.29, 0.717) is 21.4 Å². The molecule has 0 atom stereocenters. The zero-order valence-corrected chi connectivity index (χ0v) is 13.4. The minimum atomic E-state index is -0.133. The van der Waals surface area contributed by atoms with E-state index < -0.39 is 0 Å². The molecule has 0 saturated carbocycles. The van der Waals surface area contributed by atoms with E-state index in [1.165, 1.54) is 10.8 Å². The second-order valence-electron chi connectivity index (χ2n) is 4.94. The molecule has 0 spiro atoms. The number of imidazole rings is 1. The standard InChI is InChI=1S/C15H13BrN2O3/c1-8-9(4-5-21-8)14(19)10-6-12-13(7-11(10)16)18(3)15(20)17(12)2/h4-7H,1-3H3. The van der Waals surface area contributed by atoms with E-state index in [0.717, 1.165) is 11.0 Å². The highest BCUT2D eigenvalue weighted by Gasteiger charge is 2.19. The molecule has 0 bridgehead atoms. The summed E-state index contributed by atoms with van der Waals surface area (Å²) >= 11 is 3.42. The Bertz CT molecular complexity index is 930. The fourth-order valence-corrected chi connectivity index (χ4v) is 2.97. The average Bonchev–Trinajstić information content (AvgIpc) is 2.97. The van der Waals surface area contributed by atoms with Crippen LogP contribution in [-0.2, 0) is 14.1 Å². The summed E-state index contributed by atoms with van der Waals surface area (Å²) in [6, 6.07) is 5.17. The smallest absolute Gasteiger partial charge is 0.328 e. The van der Waals surface area contributed by atoms with Crippen LogP contribution in [0.4, 0.5) is 0 Å². The Labute approximate surface area is 128 Å². The van der Waals surface area contributed by atoms with Gasteiger partial charge in [0.15, 0.2) is 5.78 Å². The molecule has 0 aliphatic rings. The molecule has 0 fully saturated rings. The molecule has 5 nitrogen and oxygen atoms in total. The van der Waals surface area contributed by atoms with E-state index in [1.54, 1.807) is 43.8 Å². The van der Waals surface area contributed by atoms with Crippen molar-refractivity contribution < 1.29 is 9.21 Å². The number of hydrogen-bond acceptors (Lipinski definition) is 3. The largest absolute Gasteiger partial charge is 0.469 e. The van der Waals surface area contributed by atoms with Gasteiger partial charge in [0.25, 0.3) is 0 Å². The van der Waals surface area contributed by atoms with E-state index in [9.17, 15) is 9.59 Å². The quantitative estimate of drug-likeness (QED) is 0.669. The molecule has 2 heterocycles. The van der Waals surface area contributed by atoms with E-state index in [2.05, 4.69) is 15.9 Å². The summed E-state index contributed by atoms with van der Waals surface area (Å²) in [7, 11) is 3.40. The second-order valence-corrected chi connectivity index (χ2v) is 5.80. The van der Waals surface area contributed by atoms with Crippen molar-refractivity contribution in [2.75, 3.05) is 0 Å². The van der Waals surface area contributed by atoms with Crippen LogP contribution in [0.1, 0.15) is 21.7 Å². The average molecular weight is 349 g/mol. The van der Waals surface area contributed by atoms with Crippen molar-refractivity contribution in [3.63, 3.8) is 0 Å². The van der Waals surface area contributed by atoms with Crippen LogP contribution in [0.5, 0.6) is 0 Å². The summed E-state index contributed by atoms with van der Waals surface area (Å²) in [6.45, 7) is 1.75. The summed E-state index contributed by atoms with van der Waals surface area (Å²) in [5.41, 5.74) is 2.40. The molecule has 21 heavy (non-hydrogen) atoms. The van der Waals surface area contributed by atoms with Crippen molar-refractivity contribution in [2.24, 2.45) is 14.1 Å². The maximum atomic E-state index is 12.6. The lowest BCUT2D eigenvalue weighted by Gasteiger charge is -2.05. The Hall–Kier alpha value is -2.08. The number of aromatic nitrogens is 2. The van der Waals surface area contributed by atoms with Gasteiger partial charge in [-0.2, -0.15) is 0 Å². The Morgan fingerprint density at radius 3 is 2.33 bits per heavy atom.